The number of rotatable bonds is 2. The molecule has 0 spiro atoms. The van der Waals surface area contributed by atoms with Crippen LogP contribution in [-0.2, 0) is 9.53 Å². The average molecular weight is 266 g/mol. The van der Waals surface area contributed by atoms with Gasteiger partial charge in [0.1, 0.15) is 6.61 Å². The molecule has 8 heteroatoms. The van der Waals surface area contributed by atoms with Gasteiger partial charge < -0.3 is 14.5 Å². The van der Waals surface area contributed by atoms with Gasteiger partial charge in [0.15, 0.2) is 0 Å². The number of piperazine rings is 1. The van der Waals surface area contributed by atoms with Crippen molar-refractivity contribution in [3.05, 3.63) is 12.7 Å². The van der Waals surface area contributed by atoms with E-state index in [9.17, 15) is 22.8 Å². The van der Waals surface area contributed by atoms with Crippen LogP contribution in [0.5, 0.6) is 0 Å². The molecule has 1 fully saturated rings. The molecule has 0 N–H and O–H groups in total. The van der Waals surface area contributed by atoms with Crippen molar-refractivity contribution in [2.45, 2.75) is 6.18 Å². The van der Waals surface area contributed by atoms with Crippen LogP contribution in [0, 0.1) is 0 Å². The first kappa shape index (κ1) is 14.3. The predicted octanol–water partition coefficient (Wildman–Crippen LogP) is 1.02. The minimum Gasteiger partial charge on any atom is -0.445 e. The lowest BCUT2D eigenvalue weighted by molar-refractivity contribution is -0.186. The number of nitrogens with zero attached hydrogens (tertiary/aromatic N) is 2. The molecule has 0 unspecified atom stereocenters. The molecular weight excluding hydrogens is 253 g/mol. The van der Waals surface area contributed by atoms with Crippen molar-refractivity contribution in [3.63, 3.8) is 0 Å². The summed E-state index contributed by atoms with van der Waals surface area (Å²) >= 11 is 0. The van der Waals surface area contributed by atoms with Crippen molar-refractivity contribution in [1.82, 2.24) is 9.80 Å². The lowest BCUT2D eigenvalue weighted by Gasteiger charge is -2.34. The molecule has 0 radical (unpaired) electrons. The van der Waals surface area contributed by atoms with Crippen molar-refractivity contribution in [2.75, 3.05) is 32.8 Å². The van der Waals surface area contributed by atoms with Crippen molar-refractivity contribution >= 4 is 12.0 Å². The smallest absolute Gasteiger partial charge is 0.445 e. The van der Waals surface area contributed by atoms with Gasteiger partial charge in [-0.2, -0.15) is 13.2 Å². The summed E-state index contributed by atoms with van der Waals surface area (Å²) in [6.45, 7) is 3.16. The molecule has 2 amide bonds. The van der Waals surface area contributed by atoms with Gasteiger partial charge in [-0.05, 0) is 0 Å². The van der Waals surface area contributed by atoms with Gasteiger partial charge in [-0.1, -0.05) is 12.7 Å². The maximum absolute atomic E-state index is 12.1. The van der Waals surface area contributed by atoms with Gasteiger partial charge in [-0.3, -0.25) is 4.79 Å². The Morgan fingerprint density at radius 1 is 1.17 bits per heavy atom. The van der Waals surface area contributed by atoms with E-state index in [1.807, 2.05) is 0 Å². The fourth-order valence-electron chi connectivity index (χ4n) is 1.49. The highest BCUT2D eigenvalue weighted by atomic mass is 19.4. The van der Waals surface area contributed by atoms with E-state index in [1.54, 1.807) is 0 Å². The lowest BCUT2D eigenvalue weighted by atomic mass is 10.3. The first-order chi connectivity index (χ1) is 8.36. The first-order valence-corrected chi connectivity index (χ1v) is 5.25. The largest absolute Gasteiger partial charge is 0.471 e. The van der Waals surface area contributed by atoms with Crippen LogP contribution < -0.4 is 0 Å². The van der Waals surface area contributed by atoms with Gasteiger partial charge in [-0.15, -0.1) is 0 Å². The highest BCUT2D eigenvalue weighted by molar-refractivity contribution is 5.82. The standard InChI is InChI=1S/C10H13F3N2O3/c1-2-7-18-9(17)15-5-3-14(4-6-15)8(16)10(11,12)13/h2H,1,3-7H2. The van der Waals surface area contributed by atoms with Crippen LogP contribution in [0.1, 0.15) is 0 Å². The van der Waals surface area contributed by atoms with Crippen LogP contribution in [-0.4, -0.2) is 60.8 Å². The SMILES string of the molecule is C=CCOC(=O)N1CCN(C(=O)C(F)(F)F)CC1. The Hall–Kier alpha value is -1.73. The molecule has 0 aromatic heterocycles. The van der Waals surface area contributed by atoms with E-state index in [1.165, 1.54) is 11.0 Å². The second kappa shape index (κ2) is 5.74. The van der Waals surface area contributed by atoms with Crippen LogP contribution in [0.2, 0.25) is 0 Å². The summed E-state index contributed by atoms with van der Waals surface area (Å²) in [6, 6.07) is 0. The minimum atomic E-state index is -4.87. The number of alkyl halides is 3. The molecule has 0 aromatic rings. The molecule has 1 heterocycles. The highest BCUT2D eigenvalue weighted by Crippen LogP contribution is 2.19. The van der Waals surface area contributed by atoms with Crippen molar-refractivity contribution < 1.29 is 27.5 Å². The van der Waals surface area contributed by atoms with Gasteiger partial charge in [0.2, 0.25) is 0 Å². The average Bonchev–Trinajstić information content (AvgIpc) is 2.34. The lowest BCUT2D eigenvalue weighted by Crippen LogP contribution is -2.53. The van der Waals surface area contributed by atoms with Crippen LogP contribution in [0.25, 0.3) is 0 Å². The summed E-state index contributed by atoms with van der Waals surface area (Å²) in [5.41, 5.74) is 0. The minimum absolute atomic E-state index is 0.0256. The fraction of sp³-hybridized carbons (Fsp3) is 0.600. The zero-order valence-corrected chi connectivity index (χ0v) is 9.57. The number of amides is 2. The van der Waals surface area contributed by atoms with E-state index in [0.29, 0.717) is 4.90 Å². The molecule has 0 atom stereocenters. The molecule has 102 valence electrons. The Morgan fingerprint density at radius 3 is 2.11 bits per heavy atom. The molecule has 0 aliphatic carbocycles. The van der Waals surface area contributed by atoms with Crippen molar-refractivity contribution in [2.24, 2.45) is 0 Å². The number of hydrogen-bond acceptors (Lipinski definition) is 3. The van der Waals surface area contributed by atoms with Crippen LogP contribution in [0.4, 0.5) is 18.0 Å². The Balaban J connectivity index is 2.44. The van der Waals surface area contributed by atoms with Crippen LogP contribution in [0.15, 0.2) is 12.7 Å². The third kappa shape index (κ3) is 3.64. The molecule has 5 nitrogen and oxygen atoms in total. The van der Waals surface area contributed by atoms with Gasteiger partial charge in [0.25, 0.3) is 0 Å². The quantitative estimate of drug-likeness (QED) is 0.701. The van der Waals surface area contributed by atoms with Gasteiger partial charge in [0.05, 0.1) is 0 Å². The van der Waals surface area contributed by atoms with Crippen LogP contribution in [0.3, 0.4) is 0 Å². The summed E-state index contributed by atoms with van der Waals surface area (Å²) in [6.07, 6.45) is -4.10. The van der Waals surface area contributed by atoms with E-state index in [2.05, 4.69) is 6.58 Å². The third-order valence-corrected chi connectivity index (χ3v) is 2.39. The number of hydrogen-bond donors (Lipinski definition) is 0. The van der Waals surface area contributed by atoms with E-state index in [-0.39, 0.29) is 32.8 Å². The Kier molecular flexibility index (Phi) is 4.57. The molecule has 1 saturated heterocycles. The molecular formula is C10H13F3N2O3. The normalized spacial score (nSPS) is 16.4. The molecule has 0 aromatic carbocycles. The number of carbonyl (C=O) groups is 2. The summed E-state index contributed by atoms with van der Waals surface area (Å²) in [5.74, 6) is -1.87. The number of ether oxygens (including phenoxy) is 1. The summed E-state index contributed by atoms with van der Waals surface area (Å²) in [5, 5.41) is 0. The van der Waals surface area contributed by atoms with E-state index < -0.39 is 18.2 Å². The van der Waals surface area contributed by atoms with E-state index in [4.69, 9.17) is 4.74 Å². The molecule has 1 rings (SSSR count). The first-order valence-electron chi connectivity index (χ1n) is 5.25. The van der Waals surface area contributed by atoms with Gasteiger partial charge >= 0.3 is 18.2 Å². The van der Waals surface area contributed by atoms with Crippen molar-refractivity contribution in [1.29, 1.82) is 0 Å². The van der Waals surface area contributed by atoms with Crippen molar-refractivity contribution in [3.8, 4) is 0 Å². The third-order valence-electron chi connectivity index (χ3n) is 2.39. The maximum atomic E-state index is 12.1. The Bertz CT molecular complexity index is 336. The molecule has 0 saturated carbocycles. The number of halogens is 3. The van der Waals surface area contributed by atoms with E-state index in [0.717, 1.165) is 0 Å². The number of carbonyl (C=O) groups excluding carboxylic acids is 2. The maximum Gasteiger partial charge on any atom is 0.471 e. The monoisotopic (exact) mass is 266 g/mol. The van der Waals surface area contributed by atoms with Crippen LogP contribution >= 0.6 is 0 Å². The molecule has 1 aliphatic heterocycles. The Labute approximate surface area is 102 Å². The van der Waals surface area contributed by atoms with E-state index >= 15 is 0 Å². The highest BCUT2D eigenvalue weighted by Gasteiger charge is 2.43. The second-order valence-electron chi connectivity index (χ2n) is 3.64. The summed E-state index contributed by atoms with van der Waals surface area (Å²) in [4.78, 5) is 24.2. The summed E-state index contributed by atoms with van der Waals surface area (Å²) in [7, 11) is 0. The summed E-state index contributed by atoms with van der Waals surface area (Å²) < 4.78 is 41.2. The fourth-order valence-corrected chi connectivity index (χ4v) is 1.49. The topological polar surface area (TPSA) is 49.9 Å². The molecule has 18 heavy (non-hydrogen) atoms. The zero-order chi connectivity index (χ0) is 13.8. The van der Waals surface area contributed by atoms with Gasteiger partial charge in [0, 0.05) is 26.2 Å². The Morgan fingerprint density at radius 2 is 1.67 bits per heavy atom. The van der Waals surface area contributed by atoms with Gasteiger partial charge in [-0.25, -0.2) is 4.79 Å². The molecule has 0 bridgehead atoms. The second-order valence-corrected chi connectivity index (χ2v) is 3.64. The zero-order valence-electron chi connectivity index (χ0n) is 9.57. The molecule has 1 aliphatic rings. The predicted molar refractivity (Wildman–Crippen MR) is 55.8 cm³/mol.